The molecule has 0 radical (unpaired) electrons. The quantitative estimate of drug-likeness (QED) is 0.133. The zero-order chi connectivity index (χ0) is 33.6. The maximum Gasteiger partial charge on any atom is 0.255 e. The predicted molar refractivity (Wildman–Crippen MR) is 177 cm³/mol. The molecule has 10 nitrogen and oxygen atoms in total. The minimum absolute atomic E-state index is 0.0469. The zero-order valence-electron chi connectivity index (χ0n) is 26.6. The largest absolute Gasteiger partial charge is 0.510 e. The molecule has 0 bridgehead atoms. The molecule has 47 heavy (non-hydrogen) atoms. The molecule has 3 aliphatic rings. The molecule has 3 aliphatic carbocycles. The Morgan fingerprint density at radius 2 is 1.72 bits per heavy atom. The highest BCUT2D eigenvalue weighted by molar-refractivity contribution is 6.28. The van der Waals surface area contributed by atoms with Crippen molar-refractivity contribution in [1.82, 2.24) is 10.2 Å². The molecule has 0 saturated heterocycles. The first kappa shape index (κ1) is 32.0. The molecule has 3 aromatic carbocycles. The molecule has 1 unspecified atom stereocenters. The summed E-state index contributed by atoms with van der Waals surface area (Å²) in [7, 11) is 4.98. The minimum atomic E-state index is -1.30. The summed E-state index contributed by atoms with van der Waals surface area (Å²) in [5, 5.41) is 37.2. The van der Waals surface area contributed by atoms with E-state index >= 15 is 0 Å². The van der Waals surface area contributed by atoms with Gasteiger partial charge in [0.05, 0.1) is 24.6 Å². The summed E-state index contributed by atoms with van der Waals surface area (Å²) in [6.07, 6.45) is 1.46. The predicted octanol–water partition coefficient (Wildman–Crippen LogP) is 3.86. The molecule has 3 aromatic rings. The van der Waals surface area contributed by atoms with Gasteiger partial charge in [-0.15, -0.1) is 0 Å². The molecule has 0 heterocycles. The maximum absolute atomic E-state index is 14.1. The number of likely N-dealkylation sites (N-methyl/N-ethyl adjacent to an activating group) is 1. The SMILES string of the molecule is COc1ccc(CNCCc2ccccc2)cc1-c1ccc(O)c2c1C[C@H]1C[C@@H]3C(C(=O)C(C(N)=O)=C(O)[C@H]3N(C)C)C(=O)C1=C2O. The third-order valence-electron chi connectivity index (χ3n) is 9.76. The number of carbonyl (C=O) groups is 3. The summed E-state index contributed by atoms with van der Waals surface area (Å²) in [4.78, 5) is 41.4. The smallest absolute Gasteiger partial charge is 0.255 e. The van der Waals surface area contributed by atoms with Crippen LogP contribution >= 0.6 is 0 Å². The number of aromatic hydroxyl groups is 1. The number of phenolic OH excluding ortho intramolecular Hbond substituents is 1. The number of primary amides is 1. The number of ether oxygens (including phenoxy) is 1. The Morgan fingerprint density at radius 1 is 0.979 bits per heavy atom. The van der Waals surface area contributed by atoms with Crippen LogP contribution in [0.2, 0.25) is 0 Å². The van der Waals surface area contributed by atoms with Crippen molar-refractivity contribution < 1.29 is 34.4 Å². The summed E-state index contributed by atoms with van der Waals surface area (Å²) in [6.45, 7) is 1.41. The summed E-state index contributed by atoms with van der Waals surface area (Å²) >= 11 is 0. The average Bonchev–Trinajstić information content (AvgIpc) is 3.03. The van der Waals surface area contributed by atoms with Gasteiger partial charge in [-0.2, -0.15) is 0 Å². The van der Waals surface area contributed by atoms with Gasteiger partial charge in [0.25, 0.3) is 5.91 Å². The lowest BCUT2D eigenvalue weighted by molar-refractivity contribution is -0.136. The summed E-state index contributed by atoms with van der Waals surface area (Å²) < 4.78 is 5.75. The number of hydrogen-bond acceptors (Lipinski definition) is 9. The second-order valence-corrected chi connectivity index (χ2v) is 12.7. The van der Waals surface area contributed by atoms with Crippen molar-refractivity contribution in [3.05, 3.63) is 99.8 Å². The van der Waals surface area contributed by atoms with Crippen molar-refractivity contribution in [2.45, 2.75) is 31.8 Å². The van der Waals surface area contributed by atoms with Gasteiger partial charge in [0, 0.05) is 17.7 Å². The van der Waals surface area contributed by atoms with Crippen LogP contribution < -0.4 is 15.8 Å². The van der Waals surface area contributed by atoms with E-state index in [4.69, 9.17) is 10.5 Å². The molecule has 244 valence electrons. The molecule has 0 aliphatic heterocycles. The average molecular weight is 638 g/mol. The minimum Gasteiger partial charge on any atom is -0.510 e. The number of fused-ring (bicyclic) bond motifs is 3. The van der Waals surface area contributed by atoms with E-state index in [0.29, 0.717) is 17.9 Å². The van der Waals surface area contributed by atoms with Crippen molar-refractivity contribution >= 4 is 23.2 Å². The Labute approximate surface area is 273 Å². The normalized spacial score (nSPS) is 22.2. The first-order valence-electron chi connectivity index (χ1n) is 15.7. The number of carbonyl (C=O) groups excluding carboxylic acids is 3. The Balaban J connectivity index is 1.37. The van der Waals surface area contributed by atoms with Crippen molar-refractivity contribution in [1.29, 1.82) is 0 Å². The van der Waals surface area contributed by atoms with E-state index in [-0.39, 0.29) is 35.5 Å². The second-order valence-electron chi connectivity index (χ2n) is 12.7. The Bertz CT molecular complexity index is 1830. The number of hydrogen-bond donors (Lipinski definition) is 5. The Morgan fingerprint density at radius 3 is 2.40 bits per heavy atom. The van der Waals surface area contributed by atoms with E-state index in [0.717, 1.165) is 29.7 Å². The molecule has 1 amide bonds. The number of nitrogens with one attached hydrogen (secondary N) is 1. The second kappa shape index (κ2) is 12.7. The monoisotopic (exact) mass is 637 g/mol. The highest BCUT2D eigenvalue weighted by Gasteiger charge is 2.55. The molecule has 10 heteroatoms. The van der Waals surface area contributed by atoms with E-state index in [2.05, 4.69) is 17.4 Å². The number of Topliss-reactive ketones (excluding diaryl/α,β-unsaturated/α-hetero) is 2. The van der Waals surface area contributed by atoms with E-state index < -0.39 is 52.6 Å². The van der Waals surface area contributed by atoms with Gasteiger partial charge in [0.15, 0.2) is 11.6 Å². The lowest BCUT2D eigenvalue weighted by atomic mass is 9.59. The first-order valence-corrected chi connectivity index (χ1v) is 15.7. The Hall–Kier alpha value is -4.93. The van der Waals surface area contributed by atoms with Crippen LogP contribution in [-0.4, -0.2) is 71.5 Å². The fraction of sp³-hybridized carbons (Fsp3) is 0.324. The molecule has 0 aromatic heterocycles. The maximum atomic E-state index is 14.1. The van der Waals surface area contributed by atoms with Gasteiger partial charge in [-0.3, -0.25) is 19.3 Å². The lowest BCUT2D eigenvalue weighted by Crippen LogP contribution is -2.55. The third kappa shape index (κ3) is 5.57. The topological polar surface area (TPSA) is 162 Å². The van der Waals surface area contributed by atoms with Crippen molar-refractivity contribution in [2.24, 2.45) is 23.5 Å². The number of ketones is 2. The number of allylic oxidation sites excluding steroid dienone is 1. The third-order valence-corrected chi connectivity index (χ3v) is 9.76. The number of aliphatic hydroxyl groups is 2. The number of nitrogens with zero attached hydrogens (tertiary/aromatic N) is 1. The van der Waals surface area contributed by atoms with Crippen LogP contribution in [0.1, 0.15) is 28.7 Å². The van der Waals surface area contributed by atoms with Crippen LogP contribution in [0, 0.1) is 17.8 Å². The first-order chi connectivity index (χ1) is 22.5. The Kier molecular flexibility index (Phi) is 8.65. The molecular formula is C37H39N3O7. The highest BCUT2D eigenvalue weighted by atomic mass is 16.5. The molecule has 6 rings (SSSR count). The molecule has 1 saturated carbocycles. The van der Waals surface area contributed by atoms with Gasteiger partial charge in [0.2, 0.25) is 0 Å². The molecule has 6 N–H and O–H groups in total. The van der Waals surface area contributed by atoms with Crippen molar-refractivity contribution in [2.75, 3.05) is 27.7 Å². The van der Waals surface area contributed by atoms with E-state index in [1.165, 1.54) is 11.6 Å². The van der Waals surface area contributed by atoms with E-state index in [9.17, 15) is 29.7 Å². The van der Waals surface area contributed by atoms with Gasteiger partial charge in [-0.05, 0) is 92.2 Å². The number of aliphatic hydroxyl groups excluding tert-OH is 2. The summed E-state index contributed by atoms with van der Waals surface area (Å²) in [6, 6.07) is 18.6. The number of nitrogens with two attached hydrogens (primary N) is 1. The van der Waals surface area contributed by atoms with Gasteiger partial charge in [-0.25, -0.2) is 0 Å². The summed E-state index contributed by atoms with van der Waals surface area (Å²) in [5.74, 6) is -5.45. The number of amides is 1. The van der Waals surface area contributed by atoms with Crippen LogP contribution in [0.4, 0.5) is 0 Å². The number of phenols is 1. The lowest BCUT2D eigenvalue weighted by Gasteiger charge is -2.46. The number of methoxy groups -OCH3 is 1. The molecule has 0 spiro atoms. The molecule has 4 atom stereocenters. The van der Waals surface area contributed by atoms with Gasteiger partial charge in [-0.1, -0.05) is 42.5 Å². The van der Waals surface area contributed by atoms with Crippen molar-refractivity contribution in [3.63, 3.8) is 0 Å². The number of rotatable bonds is 9. The van der Waals surface area contributed by atoms with Crippen LogP contribution in [-0.2, 0) is 33.8 Å². The zero-order valence-corrected chi connectivity index (χ0v) is 26.6. The van der Waals surface area contributed by atoms with E-state index in [1.807, 2.05) is 36.4 Å². The fourth-order valence-corrected chi connectivity index (χ4v) is 7.70. The standard InChI is InChI=1S/C37H39N3O7/c1-40(2)32-25-17-21-16-24-22(23-15-20(9-12-27(23)47-3)18-39-14-13-19-7-5-4-6-8-19)10-11-26(41)29(24)33(42)28(21)34(43)30(25)35(44)31(36(32)45)37(38)46/h4-12,15,21,25,30,32,39,41-42,45H,13-14,16-18H2,1-3H3,(H2,38,46)/t21-,25+,30?,32-/m0/s1. The molecular weight excluding hydrogens is 598 g/mol. The van der Waals surface area contributed by atoms with Crippen molar-refractivity contribution in [3.8, 4) is 22.6 Å². The fourth-order valence-electron chi connectivity index (χ4n) is 7.70. The molecule has 1 fully saturated rings. The van der Waals surface area contributed by atoms with Gasteiger partial charge < -0.3 is 31.1 Å². The van der Waals surface area contributed by atoms with Gasteiger partial charge in [0.1, 0.15) is 28.6 Å². The van der Waals surface area contributed by atoms with Crippen LogP contribution in [0.25, 0.3) is 16.9 Å². The highest BCUT2D eigenvalue weighted by Crippen LogP contribution is 2.52. The van der Waals surface area contributed by atoms with Crippen LogP contribution in [0.15, 0.2) is 77.6 Å². The van der Waals surface area contributed by atoms with Crippen LogP contribution in [0.5, 0.6) is 11.5 Å². The number of benzene rings is 3. The van der Waals surface area contributed by atoms with E-state index in [1.54, 1.807) is 32.2 Å². The van der Waals surface area contributed by atoms with Gasteiger partial charge >= 0.3 is 0 Å². The summed E-state index contributed by atoms with van der Waals surface area (Å²) in [5.41, 5.74) is 9.49. The van der Waals surface area contributed by atoms with Crippen LogP contribution in [0.3, 0.4) is 0 Å².